The molecule has 0 heterocycles. The van der Waals surface area contributed by atoms with E-state index in [0.29, 0.717) is 17.9 Å². The first-order valence-electron chi connectivity index (χ1n) is 8.30. The van der Waals surface area contributed by atoms with Crippen molar-refractivity contribution >= 4 is 21.4 Å². The maximum absolute atomic E-state index is 12.2. The Hall–Kier alpha value is -3.12. The first-order valence-corrected chi connectivity index (χ1v) is 10.2. The molecule has 0 aromatic heterocycles. The van der Waals surface area contributed by atoms with E-state index < -0.39 is 9.84 Å². The van der Waals surface area contributed by atoms with Crippen molar-refractivity contribution in [2.24, 2.45) is 0 Å². The largest absolute Gasteiger partial charge is 0.489 e. The molecule has 3 aromatic rings. The average Bonchev–Trinajstić information content (AvgIpc) is 2.67. The number of hydrogen-bond acceptors (Lipinski definition) is 4. The lowest BCUT2D eigenvalue weighted by Gasteiger charge is -2.08. The molecule has 1 amide bonds. The summed E-state index contributed by atoms with van der Waals surface area (Å²) in [4.78, 5) is 12.5. The van der Waals surface area contributed by atoms with Gasteiger partial charge >= 0.3 is 0 Å². The van der Waals surface area contributed by atoms with Gasteiger partial charge in [-0.05, 0) is 54.1 Å². The van der Waals surface area contributed by atoms with Gasteiger partial charge in [-0.3, -0.25) is 4.79 Å². The fraction of sp³-hybridized carbons (Fsp3) is 0.0952. The highest BCUT2D eigenvalue weighted by Gasteiger charge is 2.08. The highest BCUT2D eigenvalue weighted by molar-refractivity contribution is 7.90. The number of para-hydroxylation sites is 1. The van der Waals surface area contributed by atoms with Crippen LogP contribution in [0.1, 0.15) is 15.9 Å². The highest BCUT2D eigenvalue weighted by Crippen LogP contribution is 2.17. The number of hydrogen-bond donors (Lipinski definition) is 1. The normalized spacial score (nSPS) is 11.0. The Labute approximate surface area is 158 Å². The Balaban J connectivity index is 1.58. The minimum absolute atomic E-state index is 0.176. The predicted octanol–water partition coefficient (Wildman–Crippen LogP) is 3.92. The molecule has 0 radical (unpaired) electrons. The minimum Gasteiger partial charge on any atom is -0.489 e. The zero-order chi connectivity index (χ0) is 19.3. The zero-order valence-electron chi connectivity index (χ0n) is 14.8. The van der Waals surface area contributed by atoms with E-state index in [1.807, 2.05) is 42.5 Å². The third kappa shape index (κ3) is 5.18. The molecule has 0 aliphatic heterocycles. The number of benzene rings is 3. The molecule has 5 nitrogen and oxygen atoms in total. The van der Waals surface area contributed by atoms with Gasteiger partial charge in [0.25, 0.3) is 5.91 Å². The number of ether oxygens (including phenoxy) is 1. The second kappa shape index (κ2) is 8.05. The number of amides is 1. The SMILES string of the molecule is CS(=O)(=O)c1ccc(OCc2ccc(C(=O)Nc3ccccc3)cc2)cc1. The highest BCUT2D eigenvalue weighted by atomic mass is 32.2. The standard InChI is InChI=1S/C21H19NO4S/c1-27(24,25)20-13-11-19(12-14-20)26-15-16-7-9-17(10-8-16)21(23)22-18-5-3-2-4-6-18/h2-14H,15H2,1H3,(H,22,23). The summed E-state index contributed by atoms with van der Waals surface area (Å²) in [6.07, 6.45) is 1.17. The molecule has 138 valence electrons. The van der Waals surface area contributed by atoms with Crippen LogP contribution in [0.4, 0.5) is 5.69 Å². The number of nitrogens with one attached hydrogen (secondary N) is 1. The first-order chi connectivity index (χ1) is 12.9. The molecular formula is C21H19NO4S. The number of carbonyl (C=O) groups is 1. The van der Waals surface area contributed by atoms with Gasteiger partial charge in [0, 0.05) is 17.5 Å². The molecule has 3 rings (SSSR count). The van der Waals surface area contributed by atoms with E-state index in [1.54, 1.807) is 24.3 Å². The van der Waals surface area contributed by atoms with Crippen LogP contribution >= 0.6 is 0 Å². The molecule has 0 saturated heterocycles. The summed E-state index contributed by atoms with van der Waals surface area (Å²) >= 11 is 0. The minimum atomic E-state index is -3.22. The van der Waals surface area contributed by atoms with E-state index in [9.17, 15) is 13.2 Å². The molecule has 3 aromatic carbocycles. The van der Waals surface area contributed by atoms with Gasteiger partial charge in [-0.2, -0.15) is 0 Å². The Morgan fingerprint density at radius 2 is 1.52 bits per heavy atom. The van der Waals surface area contributed by atoms with Crippen molar-refractivity contribution in [2.45, 2.75) is 11.5 Å². The predicted molar refractivity (Wildman–Crippen MR) is 105 cm³/mol. The van der Waals surface area contributed by atoms with Crippen LogP contribution in [0.5, 0.6) is 5.75 Å². The van der Waals surface area contributed by atoms with Gasteiger partial charge in [0.15, 0.2) is 9.84 Å². The molecule has 27 heavy (non-hydrogen) atoms. The zero-order valence-corrected chi connectivity index (χ0v) is 15.6. The van der Waals surface area contributed by atoms with Crippen molar-refractivity contribution in [3.8, 4) is 5.75 Å². The smallest absolute Gasteiger partial charge is 0.255 e. The Bertz CT molecular complexity index is 1010. The Morgan fingerprint density at radius 1 is 0.889 bits per heavy atom. The van der Waals surface area contributed by atoms with Gasteiger partial charge in [-0.15, -0.1) is 0 Å². The number of rotatable bonds is 6. The monoisotopic (exact) mass is 381 g/mol. The van der Waals surface area contributed by atoms with E-state index in [-0.39, 0.29) is 10.8 Å². The Kier molecular flexibility index (Phi) is 5.57. The second-order valence-corrected chi connectivity index (χ2v) is 8.07. The molecule has 0 aliphatic carbocycles. The van der Waals surface area contributed by atoms with Gasteiger partial charge in [0.05, 0.1) is 4.90 Å². The summed E-state index contributed by atoms with van der Waals surface area (Å²) in [5.41, 5.74) is 2.20. The van der Waals surface area contributed by atoms with Crippen LogP contribution in [0.15, 0.2) is 83.8 Å². The van der Waals surface area contributed by atoms with Crippen LogP contribution in [0.25, 0.3) is 0 Å². The van der Waals surface area contributed by atoms with Gasteiger partial charge in [-0.25, -0.2) is 8.42 Å². The lowest BCUT2D eigenvalue weighted by atomic mass is 10.1. The van der Waals surface area contributed by atoms with Crippen molar-refractivity contribution in [1.82, 2.24) is 0 Å². The third-order valence-electron chi connectivity index (χ3n) is 3.91. The van der Waals surface area contributed by atoms with E-state index in [1.165, 1.54) is 18.4 Å². The van der Waals surface area contributed by atoms with Crippen LogP contribution in [-0.4, -0.2) is 20.6 Å². The molecule has 0 atom stereocenters. The topological polar surface area (TPSA) is 72.5 Å². The van der Waals surface area contributed by atoms with Crippen molar-refractivity contribution in [3.05, 3.63) is 90.0 Å². The van der Waals surface area contributed by atoms with Crippen LogP contribution in [-0.2, 0) is 16.4 Å². The number of anilines is 1. The van der Waals surface area contributed by atoms with Gasteiger partial charge in [0.2, 0.25) is 0 Å². The molecule has 1 N–H and O–H groups in total. The van der Waals surface area contributed by atoms with E-state index >= 15 is 0 Å². The van der Waals surface area contributed by atoms with E-state index in [4.69, 9.17) is 4.74 Å². The fourth-order valence-electron chi connectivity index (χ4n) is 2.43. The van der Waals surface area contributed by atoms with Crippen LogP contribution in [0.3, 0.4) is 0 Å². The van der Waals surface area contributed by atoms with Crippen LogP contribution < -0.4 is 10.1 Å². The van der Waals surface area contributed by atoms with Crippen molar-refractivity contribution in [2.75, 3.05) is 11.6 Å². The molecule has 0 bridgehead atoms. The maximum Gasteiger partial charge on any atom is 0.255 e. The van der Waals surface area contributed by atoms with Crippen LogP contribution in [0, 0.1) is 0 Å². The fourth-order valence-corrected chi connectivity index (χ4v) is 3.06. The van der Waals surface area contributed by atoms with E-state index in [2.05, 4.69) is 5.32 Å². The van der Waals surface area contributed by atoms with Gasteiger partial charge < -0.3 is 10.1 Å². The van der Waals surface area contributed by atoms with Gasteiger partial charge in [0.1, 0.15) is 12.4 Å². The molecule has 0 unspecified atom stereocenters. The summed E-state index contributed by atoms with van der Waals surface area (Å²) < 4.78 is 28.6. The summed E-state index contributed by atoms with van der Waals surface area (Å²) in [5.74, 6) is 0.401. The first kappa shape index (κ1) is 18.7. The van der Waals surface area contributed by atoms with Crippen molar-refractivity contribution in [3.63, 3.8) is 0 Å². The summed E-state index contributed by atoms with van der Waals surface area (Å²) in [6, 6.07) is 22.7. The molecule has 0 aliphatic rings. The lowest BCUT2D eigenvalue weighted by molar-refractivity contribution is 0.102. The average molecular weight is 381 g/mol. The second-order valence-electron chi connectivity index (χ2n) is 6.05. The van der Waals surface area contributed by atoms with Gasteiger partial charge in [-0.1, -0.05) is 30.3 Å². The van der Waals surface area contributed by atoms with E-state index in [0.717, 1.165) is 11.3 Å². The Morgan fingerprint density at radius 3 is 2.11 bits per heavy atom. The molecule has 0 spiro atoms. The quantitative estimate of drug-likeness (QED) is 0.702. The summed E-state index contributed by atoms with van der Waals surface area (Å²) in [7, 11) is -3.22. The lowest BCUT2D eigenvalue weighted by Crippen LogP contribution is -2.11. The molecular weight excluding hydrogens is 362 g/mol. The number of sulfone groups is 1. The molecule has 6 heteroatoms. The summed E-state index contributed by atoms with van der Waals surface area (Å²) in [5, 5.41) is 2.83. The van der Waals surface area contributed by atoms with Crippen molar-refractivity contribution in [1.29, 1.82) is 0 Å². The summed E-state index contributed by atoms with van der Waals surface area (Å²) in [6.45, 7) is 0.318. The molecule has 0 saturated carbocycles. The maximum atomic E-state index is 12.2. The van der Waals surface area contributed by atoms with Crippen molar-refractivity contribution < 1.29 is 17.9 Å². The van der Waals surface area contributed by atoms with Crippen LogP contribution in [0.2, 0.25) is 0 Å². The molecule has 0 fully saturated rings. The third-order valence-corrected chi connectivity index (χ3v) is 5.03. The number of carbonyl (C=O) groups excluding carboxylic acids is 1.